The second kappa shape index (κ2) is 9.75. The molecule has 0 fully saturated rings. The first-order chi connectivity index (χ1) is 17.7. The summed E-state index contributed by atoms with van der Waals surface area (Å²) in [6.45, 7) is -1.03. The zero-order valence-electron chi connectivity index (χ0n) is 19.8. The number of alkyl halides is 2. The number of carbonyl (C=O) groups excluding carboxylic acids is 1. The van der Waals surface area contributed by atoms with Crippen molar-refractivity contribution in [1.82, 2.24) is 24.6 Å². The lowest BCUT2D eigenvalue weighted by molar-refractivity contribution is -0.000937. The van der Waals surface area contributed by atoms with Crippen molar-refractivity contribution in [1.29, 1.82) is 0 Å². The third-order valence-electron chi connectivity index (χ3n) is 6.47. The average Bonchev–Trinajstić information content (AvgIpc) is 3.33. The standard InChI is InChI=1S/C25H25F3N6O3/c26-17-5-3-15(4-6-17)11-16-12-30-20-21-19(16)31-13-25(27,28)14-34(21)24(37)18(22(20)35)23(36)29-7-1-9-33-10-2-8-32-33/h2-3,5,8,10,12,31,35H,1,4,6-7,9,11,13-14H2,(H,29,36). The summed E-state index contributed by atoms with van der Waals surface area (Å²) in [4.78, 5) is 30.5. The van der Waals surface area contributed by atoms with E-state index in [1.807, 2.05) is 0 Å². The number of aromatic hydroxyl groups is 1. The van der Waals surface area contributed by atoms with Gasteiger partial charge < -0.3 is 15.7 Å². The van der Waals surface area contributed by atoms with Crippen LogP contribution in [0.15, 0.2) is 53.0 Å². The van der Waals surface area contributed by atoms with Gasteiger partial charge in [-0.25, -0.2) is 13.2 Å². The number of anilines is 1. The summed E-state index contributed by atoms with van der Waals surface area (Å²) in [6.07, 6.45) is 9.34. The van der Waals surface area contributed by atoms with Crippen molar-refractivity contribution in [3.8, 4) is 5.75 Å². The molecule has 2 aliphatic rings. The van der Waals surface area contributed by atoms with E-state index in [1.54, 1.807) is 29.2 Å². The Hall–Kier alpha value is -4.09. The lowest BCUT2D eigenvalue weighted by atomic mass is 9.96. The molecule has 12 heteroatoms. The molecule has 3 aromatic heterocycles. The largest absolute Gasteiger partial charge is 0.505 e. The molecule has 3 aromatic rings. The predicted molar refractivity (Wildman–Crippen MR) is 130 cm³/mol. The van der Waals surface area contributed by atoms with Crippen molar-refractivity contribution in [3.63, 3.8) is 0 Å². The van der Waals surface area contributed by atoms with Crippen molar-refractivity contribution in [2.24, 2.45) is 0 Å². The maximum atomic E-state index is 14.7. The molecule has 1 aliphatic heterocycles. The summed E-state index contributed by atoms with van der Waals surface area (Å²) in [5.41, 5.74) is -0.154. The van der Waals surface area contributed by atoms with Crippen molar-refractivity contribution < 1.29 is 23.1 Å². The number of nitrogens with one attached hydrogen (secondary N) is 2. The van der Waals surface area contributed by atoms with Crippen molar-refractivity contribution in [2.75, 3.05) is 18.4 Å². The van der Waals surface area contributed by atoms with E-state index in [2.05, 4.69) is 20.7 Å². The Balaban J connectivity index is 1.51. The number of nitrogens with zero attached hydrogens (tertiary/aromatic N) is 4. The first-order valence-corrected chi connectivity index (χ1v) is 11.9. The fourth-order valence-electron chi connectivity index (χ4n) is 4.63. The van der Waals surface area contributed by atoms with Gasteiger partial charge in [0.25, 0.3) is 17.4 Å². The fraction of sp³-hybridized carbons (Fsp3) is 0.360. The van der Waals surface area contributed by atoms with Gasteiger partial charge in [0.1, 0.15) is 16.9 Å². The number of allylic oxidation sites excluding steroid dienone is 4. The maximum Gasteiger partial charge on any atom is 0.282 e. The van der Waals surface area contributed by atoms with E-state index in [4.69, 9.17) is 0 Å². The van der Waals surface area contributed by atoms with Gasteiger partial charge >= 0.3 is 0 Å². The lowest BCUT2D eigenvalue weighted by Gasteiger charge is -2.18. The Morgan fingerprint density at radius 3 is 2.84 bits per heavy atom. The number of halogens is 3. The molecule has 0 radical (unpaired) electrons. The molecule has 0 unspecified atom stereocenters. The first-order valence-electron chi connectivity index (χ1n) is 11.9. The van der Waals surface area contributed by atoms with Crippen LogP contribution in [0, 0.1) is 0 Å². The Morgan fingerprint density at radius 2 is 2.11 bits per heavy atom. The van der Waals surface area contributed by atoms with Crippen molar-refractivity contribution in [2.45, 2.75) is 44.7 Å². The van der Waals surface area contributed by atoms with Gasteiger partial charge in [0, 0.05) is 38.1 Å². The molecule has 1 amide bonds. The monoisotopic (exact) mass is 514 g/mol. The Labute approximate surface area is 209 Å². The smallest absolute Gasteiger partial charge is 0.282 e. The zero-order chi connectivity index (χ0) is 26.2. The summed E-state index contributed by atoms with van der Waals surface area (Å²) >= 11 is 0. The molecule has 0 bridgehead atoms. The van der Waals surface area contributed by atoms with E-state index in [1.165, 1.54) is 12.3 Å². The number of pyridine rings is 2. The lowest BCUT2D eigenvalue weighted by Crippen LogP contribution is -2.38. The van der Waals surface area contributed by atoms with E-state index in [0.717, 1.165) is 10.1 Å². The molecule has 0 spiro atoms. The van der Waals surface area contributed by atoms with Crippen LogP contribution in [0.4, 0.5) is 18.9 Å². The van der Waals surface area contributed by atoms with Crippen LogP contribution in [0.3, 0.4) is 0 Å². The molecule has 0 aromatic carbocycles. The fourth-order valence-corrected chi connectivity index (χ4v) is 4.63. The highest BCUT2D eigenvalue weighted by Gasteiger charge is 2.37. The number of hydrogen-bond acceptors (Lipinski definition) is 6. The normalized spacial score (nSPS) is 16.5. The minimum Gasteiger partial charge on any atom is -0.505 e. The Kier molecular flexibility index (Phi) is 6.48. The number of aromatic nitrogens is 4. The van der Waals surface area contributed by atoms with Crippen LogP contribution in [0.25, 0.3) is 11.0 Å². The minimum atomic E-state index is -3.31. The SMILES string of the molecule is O=C(NCCCn1cccn1)c1c(O)c2ncc(CC3=CC=C(F)CC3)c3c2n(c1=O)CC(F)(F)CN3. The molecular weight excluding hydrogens is 489 g/mol. The molecule has 3 N–H and O–H groups in total. The van der Waals surface area contributed by atoms with Gasteiger partial charge in [0.05, 0.1) is 24.3 Å². The van der Waals surface area contributed by atoms with Crippen LogP contribution in [-0.2, 0) is 19.5 Å². The average molecular weight is 515 g/mol. The van der Waals surface area contributed by atoms with E-state index >= 15 is 0 Å². The molecule has 0 atom stereocenters. The van der Waals surface area contributed by atoms with Gasteiger partial charge in [-0.3, -0.25) is 23.8 Å². The first kappa shape index (κ1) is 24.6. The molecule has 37 heavy (non-hydrogen) atoms. The quantitative estimate of drug-likeness (QED) is 0.417. The van der Waals surface area contributed by atoms with Gasteiger partial charge in [-0.05, 0) is 37.0 Å². The molecule has 9 nitrogen and oxygen atoms in total. The van der Waals surface area contributed by atoms with Crippen molar-refractivity contribution >= 4 is 22.6 Å². The van der Waals surface area contributed by atoms with Gasteiger partial charge in [-0.15, -0.1) is 0 Å². The van der Waals surface area contributed by atoms with E-state index in [9.17, 15) is 27.9 Å². The van der Waals surface area contributed by atoms with Crippen LogP contribution in [0.5, 0.6) is 5.75 Å². The third kappa shape index (κ3) is 4.95. The van der Waals surface area contributed by atoms with Gasteiger partial charge in [-0.1, -0.05) is 11.6 Å². The topological polar surface area (TPSA) is 114 Å². The molecular formula is C25H25F3N6O3. The number of carbonyl (C=O) groups is 1. The van der Waals surface area contributed by atoms with E-state index in [0.29, 0.717) is 31.4 Å². The van der Waals surface area contributed by atoms with Crippen LogP contribution in [-0.4, -0.2) is 49.4 Å². The van der Waals surface area contributed by atoms with Crippen LogP contribution in [0.2, 0.25) is 0 Å². The Bertz CT molecular complexity index is 1480. The molecule has 5 rings (SSSR count). The zero-order valence-corrected chi connectivity index (χ0v) is 19.8. The molecule has 0 saturated carbocycles. The summed E-state index contributed by atoms with van der Waals surface area (Å²) in [5, 5.41) is 20.3. The van der Waals surface area contributed by atoms with E-state index < -0.39 is 41.8 Å². The molecule has 194 valence electrons. The number of amides is 1. The van der Waals surface area contributed by atoms with Crippen LogP contribution in [0.1, 0.15) is 35.2 Å². The summed E-state index contributed by atoms with van der Waals surface area (Å²) in [7, 11) is 0. The maximum absolute atomic E-state index is 14.7. The second-order valence-corrected chi connectivity index (χ2v) is 9.17. The van der Waals surface area contributed by atoms with E-state index in [-0.39, 0.29) is 35.5 Å². The van der Waals surface area contributed by atoms with Gasteiger partial charge in [-0.2, -0.15) is 5.10 Å². The highest BCUT2D eigenvalue weighted by Crippen LogP contribution is 2.37. The predicted octanol–water partition coefficient (Wildman–Crippen LogP) is 3.30. The number of aryl methyl sites for hydroxylation is 1. The van der Waals surface area contributed by atoms with Gasteiger partial charge in [0.15, 0.2) is 5.75 Å². The summed E-state index contributed by atoms with van der Waals surface area (Å²) < 4.78 is 45.3. The third-order valence-corrected chi connectivity index (χ3v) is 6.47. The summed E-state index contributed by atoms with van der Waals surface area (Å²) in [6, 6.07) is 1.76. The summed E-state index contributed by atoms with van der Waals surface area (Å²) in [5.74, 6) is -5.08. The van der Waals surface area contributed by atoms with Crippen LogP contribution >= 0.6 is 0 Å². The van der Waals surface area contributed by atoms with Crippen LogP contribution < -0.4 is 16.2 Å². The minimum absolute atomic E-state index is 0.00513. The highest BCUT2D eigenvalue weighted by atomic mass is 19.3. The highest BCUT2D eigenvalue weighted by molar-refractivity contribution is 6.04. The number of hydrogen-bond donors (Lipinski definition) is 3. The molecule has 1 aliphatic carbocycles. The second-order valence-electron chi connectivity index (χ2n) is 9.17. The molecule has 0 saturated heterocycles. The number of rotatable bonds is 7. The molecule has 4 heterocycles. The van der Waals surface area contributed by atoms with Crippen molar-refractivity contribution in [3.05, 3.63) is 69.7 Å². The van der Waals surface area contributed by atoms with Gasteiger partial charge in [0.2, 0.25) is 0 Å². The Morgan fingerprint density at radius 1 is 1.27 bits per heavy atom.